The number of ether oxygens (including phenoxy) is 1. The molecule has 0 spiro atoms. The lowest BCUT2D eigenvalue weighted by Crippen LogP contribution is -1.93. The van der Waals surface area contributed by atoms with Gasteiger partial charge in [0.15, 0.2) is 0 Å². The lowest BCUT2D eigenvalue weighted by atomic mass is 10.1. The first-order valence-corrected chi connectivity index (χ1v) is 7.24. The van der Waals surface area contributed by atoms with Gasteiger partial charge in [0.1, 0.15) is 11.1 Å². The summed E-state index contributed by atoms with van der Waals surface area (Å²) in [6.07, 6.45) is 0. The molecule has 0 atom stereocenters. The van der Waals surface area contributed by atoms with Crippen molar-refractivity contribution in [2.75, 3.05) is 6.61 Å². The third kappa shape index (κ3) is 2.75. The molecule has 0 aliphatic heterocycles. The Morgan fingerprint density at radius 2 is 1.62 bits per heavy atom. The Hall–Kier alpha value is -2.35. The zero-order valence-electron chi connectivity index (χ0n) is 12.6. The molecule has 0 amide bonds. The van der Waals surface area contributed by atoms with Crippen LogP contribution >= 0.6 is 0 Å². The average molecular weight is 279 g/mol. The molecule has 0 aliphatic rings. The normalized spacial score (nSPS) is 10.8. The first-order valence-electron chi connectivity index (χ1n) is 7.24. The Morgan fingerprint density at radius 3 is 2.33 bits per heavy atom. The molecule has 0 aliphatic carbocycles. The van der Waals surface area contributed by atoms with Gasteiger partial charge in [0, 0.05) is 6.07 Å². The molecule has 1 heterocycles. The van der Waals surface area contributed by atoms with E-state index in [1.807, 2.05) is 19.1 Å². The van der Waals surface area contributed by atoms with Crippen LogP contribution in [-0.2, 0) is 0 Å². The van der Waals surface area contributed by atoms with Gasteiger partial charge < -0.3 is 4.74 Å². The zero-order valence-corrected chi connectivity index (χ0v) is 12.6. The van der Waals surface area contributed by atoms with E-state index in [4.69, 9.17) is 9.15 Å². The molecular formula is C19H19O2+. The highest BCUT2D eigenvalue weighted by Gasteiger charge is 2.19. The fourth-order valence-electron chi connectivity index (χ4n) is 2.41. The van der Waals surface area contributed by atoms with Crippen LogP contribution in [0.2, 0.25) is 0 Å². The van der Waals surface area contributed by atoms with E-state index < -0.39 is 0 Å². The highest BCUT2D eigenvalue weighted by molar-refractivity contribution is 5.86. The molecule has 0 saturated heterocycles. The Bertz CT molecular complexity index is 773. The lowest BCUT2D eigenvalue weighted by molar-refractivity contribution is 0.342. The van der Waals surface area contributed by atoms with Gasteiger partial charge in [0.05, 0.1) is 18.2 Å². The second-order valence-electron chi connectivity index (χ2n) is 5.27. The van der Waals surface area contributed by atoms with E-state index in [0.717, 1.165) is 28.0 Å². The SMILES string of the molecule is CCOc1cc(-c2ccc(C)cc2)[o+]c2ccc(C)cc12. The molecule has 106 valence electrons. The van der Waals surface area contributed by atoms with Crippen molar-refractivity contribution in [3.63, 3.8) is 0 Å². The quantitative estimate of drug-likeness (QED) is 0.599. The van der Waals surface area contributed by atoms with Crippen molar-refractivity contribution in [2.45, 2.75) is 20.8 Å². The minimum atomic E-state index is 0.639. The van der Waals surface area contributed by atoms with Gasteiger partial charge in [-0.2, -0.15) is 0 Å². The van der Waals surface area contributed by atoms with Crippen molar-refractivity contribution in [1.82, 2.24) is 0 Å². The van der Waals surface area contributed by atoms with E-state index in [0.29, 0.717) is 6.61 Å². The molecule has 2 aromatic carbocycles. The summed E-state index contributed by atoms with van der Waals surface area (Å²) < 4.78 is 11.8. The maximum atomic E-state index is 6.05. The lowest BCUT2D eigenvalue weighted by Gasteiger charge is -2.04. The van der Waals surface area contributed by atoms with Gasteiger partial charge in [0.25, 0.3) is 0 Å². The predicted octanol–water partition coefficient (Wildman–Crippen LogP) is 5.40. The van der Waals surface area contributed by atoms with Crippen molar-refractivity contribution in [1.29, 1.82) is 0 Å². The van der Waals surface area contributed by atoms with E-state index in [1.165, 1.54) is 11.1 Å². The van der Waals surface area contributed by atoms with Crippen LogP contribution in [0.1, 0.15) is 18.1 Å². The summed E-state index contributed by atoms with van der Waals surface area (Å²) in [7, 11) is 0. The molecule has 0 saturated carbocycles. The highest BCUT2D eigenvalue weighted by atomic mass is 16.5. The van der Waals surface area contributed by atoms with Crippen molar-refractivity contribution >= 4 is 11.0 Å². The summed E-state index contributed by atoms with van der Waals surface area (Å²) in [6.45, 7) is 6.79. The number of aryl methyl sites for hydroxylation is 2. The molecule has 3 rings (SSSR count). The van der Waals surface area contributed by atoms with Crippen LogP contribution in [0.15, 0.2) is 52.9 Å². The van der Waals surface area contributed by atoms with Gasteiger partial charge in [-0.15, -0.1) is 0 Å². The summed E-state index contributed by atoms with van der Waals surface area (Å²) in [5.74, 6) is 1.70. The van der Waals surface area contributed by atoms with Crippen molar-refractivity contribution in [3.05, 3.63) is 59.7 Å². The largest absolute Gasteiger partial charge is 0.493 e. The fraction of sp³-hybridized carbons (Fsp3) is 0.211. The van der Waals surface area contributed by atoms with Gasteiger partial charge in [-0.3, -0.25) is 0 Å². The first-order chi connectivity index (χ1) is 10.2. The molecule has 2 heteroatoms. The van der Waals surface area contributed by atoms with E-state index in [1.54, 1.807) is 0 Å². The summed E-state index contributed by atoms with van der Waals surface area (Å²) in [4.78, 5) is 0. The van der Waals surface area contributed by atoms with Gasteiger partial charge >= 0.3 is 11.3 Å². The molecule has 2 nitrogen and oxygen atoms in total. The standard InChI is InChI=1S/C19H19O2/c1-4-20-19-12-18(15-8-5-13(2)6-9-15)21-17-10-7-14(3)11-16(17)19/h5-12H,4H2,1-3H3/q+1. The van der Waals surface area contributed by atoms with Crippen LogP contribution in [0.25, 0.3) is 22.3 Å². The molecule has 0 fully saturated rings. The molecule has 0 N–H and O–H groups in total. The topological polar surface area (TPSA) is 20.5 Å². The minimum absolute atomic E-state index is 0.639. The van der Waals surface area contributed by atoms with E-state index in [-0.39, 0.29) is 0 Å². The van der Waals surface area contributed by atoms with E-state index in [9.17, 15) is 0 Å². The monoisotopic (exact) mass is 279 g/mol. The van der Waals surface area contributed by atoms with E-state index in [2.05, 4.69) is 50.2 Å². The highest BCUT2D eigenvalue weighted by Crippen LogP contribution is 2.33. The van der Waals surface area contributed by atoms with Crippen LogP contribution in [0.5, 0.6) is 5.75 Å². The molecule has 0 radical (unpaired) electrons. The number of hydrogen-bond acceptors (Lipinski definition) is 1. The second-order valence-corrected chi connectivity index (χ2v) is 5.27. The summed E-state index contributed by atoms with van der Waals surface area (Å²) in [5, 5.41) is 1.02. The molecule has 1 aromatic heterocycles. The van der Waals surface area contributed by atoms with Crippen molar-refractivity contribution < 1.29 is 9.15 Å². The van der Waals surface area contributed by atoms with Crippen molar-refractivity contribution in [3.8, 4) is 17.1 Å². The Morgan fingerprint density at radius 1 is 0.905 bits per heavy atom. The molecule has 0 unspecified atom stereocenters. The van der Waals surface area contributed by atoms with Gasteiger partial charge in [-0.1, -0.05) is 17.7 Å². The third-order valence-electron chi connectivity index (χ3n) is 3.52. The average Bonchev–Trinajstić information content (AvgIpc) is 2.48. The third-order valence-corrected chi connectivity index (χ3v) is 3.52. The predicted molar refractivity (Wildman–Crippen MR) is 86.7 cm³/mol. The maximum Gasteiger partial charge on any atom is 0.364 e. The fourth-order valence-corrected chi connectivity index (χ4v) is 2.41. The number of rotatable bonds is 3. The molecule has 0 bridgehead atoms. The molecule has 3 aromatic rings. The van der Waals surface area contributed by atoms with E-state index >= 15 is 0 Å². The second kappa shape index (κ2) is 5.57. The number of hydrogen-bond donors (Lipinski definition) is 0. The number of benzene rings is 2. The van der Waals surface area contributed by atoms with Gasteiger partial charge in [0.2, 0.25) is 0 Å². The summed E-state index contributed by atoms with van der Waals surface area (Å²) >= 11 is 0. The maximum absolute atomic E-state index is 6.05. The summed E-state index contributed by atoms with van der Waals surface area (Å²) in [6, 6.07) is 16.5. The Labute approximate surface area is 125 Å². The smallest absolute Gasteiger partial charge is 0.364 e. The Kier molecular flexibility index (Phi) is 3.61. The van der Waals surface area contributed by atoms with Crippen LogP contribution in [0, 0.1) is 13.8 Å². The van der Waals surface area contributed by atoms with Gasteiger partial charge in [-0.05, 0) is 50.6 Å². The van der Waals surface area contributed by atoms with Crippen LogP contribution in [0.3, 0.4) is 0 Å². The molecular weight excluding hydrogens is 260 g/mol. The number of fused-ring (bicyclic) bond motifs is 1. The Balaban J connectivity index is 2.20. The van der Waals surface area contributed by atoms with Crippen LogP contribution in [0.4, 0.5) is 0 Å². The first kappa shape index (κ1) is 13.6. The van der Waals surface area contributed by atoms with Gasteiger partial charge in [-0.25, -0.2) is 4.42 Å². The minimum Gasteiger partial charge on any atom is -0.493 e. The van der Waals surface area contributed by atoms with Crippen LogP contribution < -0.4 is 4.74 Å². The zero-order chi connectivity index (χ0) is 14.8. The molecule has 21 heavy (non-hydrogen) atoms. The van der Waals surface area contributed by atoms with Crippen molar-refractivity contribution in [2.24, 2.45) is 0 Å². The summed E-state index contributed by atoms with van der Waals surface area (Å²) in [5.41, 5.74) is 4.34. The van der Waals surface area contributed by atoms with Crippen LogP contribution in [-0.4, -0.2) is 6.61 Å².